The summed E-state index contributed by atoms with van der Waals surface area (Å²) >= 11 is 0. The number of carbonyl (C=O) groups excluding carboxylic acids is 1. The van der Waals surface area contributed by atoms with Gasteiger partial charge in [0.05, 0.1) is 11.7 Å². The van der Waals surface area contributed by atoms with Crippen LogP contribution in [0, 0.1) is 0 Å². The van der Waals surface area contributed by atoms with Crippen LogP contribution < -0.4 is 0 Å². The number of hydrogen-bond donors (Lipinski definition) is 1. The maximum atomic E-state index is 12.1. The maximum absolute atomic E-state index is 12.1. The molecule has 0 bridgehead atoms. The molecular formula is C15H20O5. The van der Waals surface area contributed by atoms with E-state index in [9.17, 15) is 9.90 Å². The molecule has 2 rings (SSSR count). The first-order chi connectivity index (χ1) is 9.46. The molecule has 5 heteroatoms. The molecule has 1 N–H and O–H groups in total. The number of aliphatic hydroxyl groups is 1. The number of methoxy groups -OCH3 is 1. The average molecular weight is 280 g/mol. The molecule has 1 saturated heterocycles. The van der Waals surface area contributed by atoms with E-state index in [2.05, 4.69) is 0 Å². The third kappa shape index (κ3) is 3.00. The van der Waals surface area contributed by atoms with Crippen LogP contribution in [-0.2, 0) is 14.2 Å². The van der Waals surface area contributed by atoms with Gasteiger partial charge in [-0.1, -0.05) is 18.2 Å². The zero-order valence-electron chi connectivity index (χ0n) is 11.9. The van der Waals surface area contributed by atoms with Crippen LogP contribution in [0.1, 0.15) is 30.6 Å². The predicted molar refractivity (Wildman–Crippen MR) is 72.2 cm³/mol. The molecule has 0 aromatic heterocycles. The number of esters is 1. The van der Waals surface area contributed by atoms with Crippen molar-refractivity contribution in [2.75, 3.05) is 7.11 Å². The molecular weight excluding hydrogens is 260 g/mol. The molecule has 0 unspecified atom stereocenters. The number of aliphatic hydroxyl groups excluding tert-OH is 1. The predicted octanol–water partition coefficient (Wildman–Crippen LogP) is 1.74. The van der Waals surface area contributed by atoms with E-state index in [1.54, 1.807) is 38.1 Å². The minimum Gasteiger partial charge on any atom is -0.453 e. The smallest absolute Gasteiger partial charge is 0.338 e. The van der Waals surface area contributed by atoms with Gasteiger partial charge in [-0.25, -0.2) is 4.79 Å². The average Bonchev–Trinajstić information content (AvgIpc) is 2.43. The standard InChI is InChI=1S/C15H20O5/c1-10-13(15(2,18-3)9-12(16)19-10)20-14(17)11-7-5-4-6-8-11/h4-8,10,12-13,16H,9H2,1-3H3/t10-,12+,13-,15+/m0/s1. The Hall–Kier alpha value is -1.43. The summed E-state index contributed by atoms with van der Waals surface area (Å²) in [5, 5.41) is 9.67. The van der Waals surface area contributed by atoms with Crippen LogP contribution in [-0.4, -0.2) is 42.3 Å². The molecule has 0 saturated carbocycles. The van der Waals surface area contributed by atoms with Crippen LogP contribution in [0.3, 0.4) is 0 Å². The Bertz CT molecular complexity index is 461. The fourth-order valence-electron chi connectivity index (χ4n) is 2.50. The van der Waals surface area contributed by atoms with Gasteiger partial charge >= 0.3 is 5.97 Å². The first kappa shape index (κ1) is 15.0. The van der Waals surface area contributed by atoms with E-state index in [4.69, 9.17) is 14.2 Å². The summed E-state index contributed by atoms with van der Waals surface area (Å²) in [6.45, 7) is 3.56. The van der Waals surface area contributed by atoms with Gasteiger partial charge in [-0.3, -0.25) is 0 Å². The van der Waals surface area contributed by atoms with Gasteiger partial charge in [0.25, 0.3) is 0 Å². The fourth-order valence-corrected chi connectivity index (χ4v) is 2.50. The Morgan fingerprint density at radius 2 is 2.05 bits per heavy atom. The fraction of sp³-hybridized carbons (Fsp3) is 0.533. The van der Waals surface area contributed by atoms with Gasteiger partial charge in [-0.2, -0.15) is 0 Å². The lowest BCUT2D eigenvalue weighted by Gasteiger charge is -2.44. The van der Waals surface area contributed by atoms with Gasteiger partial charge in [0.2, 0.25) is 0 Å². The van der Waals surface area contributed by atoms with E-state index >= 15 is 0 Å². The van der Waals surface area contributed by atoms with Crippen LogP contribution in [0.5, 0.6) is 0 Å². The van der Waals surface area contributed by atoms with Crippen molar-refractivity contribution in [2.45, 2.75) is 44.4 Å². The van der Waals surface area contributed by atoms with Gasteiger partial charge in [0.1, 0.15) is 5.60 Å². The highest BCUT2D eigenvalue weighted by Crippen LogP contribution is 2.33. The van der Waals surface area contributed by atoms with E-state index < -0.39 is 30.1 Å². The van der Waals surface area contributed by atoms with E-state index in [1.807, 2.05) is 6.07 Å². The second kappa shape index (κ2) is 5.91. The van der Waals surface area contributed by atoms with Gasteiger partial charge in [0.15, 0.2) is 12.4 Å². The van der Waals surface area contributed by atoms with Gasteiger partial charge in [-0.15, -0.1) is 0 Å². The lowest BCUT2D eigenvalue weighted by Crippen LogP contribution is -2.57. The normalized spacial score (nSPS) is 33.7. The largest absolute Gasteiger partial charge is 0.453 e. The molecule has 1 aliphatic heterocycles. The first-order valence-corrected chi connectivity index (χ1v) is 6.61. The number of benzene rings is 1. The van der Waals surface area contributed by atoms with Crippen LogP contribution in [0.4, 0.5) is 0 Å². The van der Waals surface area contributed by atoms with E-state index in [-0.39, 0.29) is 6.42 Å². The van der Waals surface area contributed by atoms with Crippen LogP contribution in [0.25, 0.3) is 0 Å². The van der Waals surface area contributed by atoms with E-state index in [0.29, 0.717) is 5.56 Å². The Morgan fingerprint density at radius 1 is 1.40 bits per heavy atom. The molecule has 5 nitrogen and oxygen atoms in total. The second-order valence-corrected chi connectivity index (χ2v) is 5.21. The highest BCUT2D eigenvalue weighted by Gasteiger charge is 2.47. The highest BCUT2D eigenvalue weighted by atomic mass is 16.6. The van der Waals surface area contributed by atoms with Crippen LogP contribution in [0.15, 0.2) is 30.3 Å². The van der Waals surface area contributed by atoms with Gasteiger partial charge in [-0.05, 0) is 26.0 Å². The van der Waals surface area contributed by atoms with Crippen molar-refractivity contribution >= 4 is 5.97 Å². The summed E-state index contributed by atoms with van der Waals surface area (Å²) in [4.78, 5) is 12.1. The lowest BCUT2D eigenvalue weighted by molar-refractivity contribution is -0.263. The Kier molecular flexibility index (Phi) is 4.42. The molecule has 0 spiro atoms. The maximum Gasteiger partial charge on any atom is 0.338 e. The molecule has 1 aromatic rings. The van der Waals surface area contributed by atoms with Crippen LogP contribution >= 0.6 is 0 Å². The summed E-state index contributed by atoms with van der Waals surface area (Å²) in [5.41, 5.74) is -0.300. The SMILES string of the molecule is CO[C@]1(C)C[C@H](O)O[C@@H](C)[C@@H]1OC(=O)c1ccccc1. The molecule has 1 fully saturated rings. The minimum absolute atomic E-state index is 0.251. The second-order valence-electron chi connectivity index (χ2n) is 5.21. The third-order valence-electron chi connectivity index (χ3n) is 3.69. The summed E-state index contributed by atoms with van der Waals surface area (Å²) < 4.78 is 16.3. The first-order valence-electron chi connectivity index (χ1n) is 6.61. The van der Waals surface area contributed by atoms with Crippen molar-refractivity contribution in [3.63, 3.8) is 0 Å². The Morgan fingerprint density at radius 3 is 2.65 bits per heavy atom. The number of hydrogen-bond acceptors (Lipinski definition) is 5. The zero-order chi connectivity index (χ0) is 14.8. The summed E-state index contributed by atoms with van der Waals surface area (Å²) in [6, 6.07) is 8.76. The lowest BCUT2D eigenvalue weighted by atomic mass is 9.88. The van der Waals surface area contributed by atoms with Gasteiger partial charge in [0, 0.05) is 13.5 Å². The van der Waals surface area contributed by atoms with E-state index in [0.717, 1.165) is 0 Å². The van der Waals surface area contributed by atoms with Crippen molar-refractivity contribution in [1.29, 1.82) is 0 Å². The molecule has 110 valence electrons. The zero-order valence-corrected chi connectivity index (χ0v) is 11.9. The molecule has 1 heterocycles. The molecule has 0 radical (unpaired) electrons. The number of carbonyl (C=O) groups is 1. The number of rotatable bonds is 3. The summed E-state index contributed by atoms with van der Waals surface area (Å²) in [7, 11) is 1.54. The summed E-state index contributed by atoms with van der Waals surface area (Å²) in [6.07, 6.45) is -1.69. The summed E-state index contributed by atoms with van der Waals surface area (Å²) in [5.74, 6) is -0.425. The number of ether oxygens (including phenoxy) is 3. The van der Waals surface area contributed by atoms with Crippen molar-refractivity contribution in [3.8, 4) is 0 Å². The molecule has 1 aliphatic rings. The molecule has 4 atom stereocenters. The van der Waals surface area contributed by atoms with Crippen molar-refractivity contribution in [2.24, 2.45) is 0 Å². The quantitative estimate of drug-likeness (QED) is 0.854. The minimum atomic E-state index is -0.915. The topological polar surface area (TPSA) is 65.0 Å². The third-order valence-corrected chi connectivity index (χ3v) is 3.69. The van der Waals surface area contributed by atoms with E-state index in [1.165, 1.54) is 7.11 Å². The van der Waals surface area contributed by atoms with Crippen molar-refractivity contribution < 1.29 is 24.1 Å². The van der Waals surface area contributed by atoms with Gasteiger partial charge < -0.3 is 19.3 Å². The molecule has 0 aliphatic carbocycles. The molecule has 20 heavy (non-hydrogen) atoms. The van der Waals surface area contributed by atoms with Crippen molar-refractivity contribution in [1.82, 2.24) is 0 Å². The highest BCUT2D eigenvalue weighted by molar-refractivity contribution is 5.89. The molecule has 1 aromatic carbocycles. The van der Waals surface area contributed by atoms with Crippen LogP contribution in [0.2, 0.25) is 0 Å². The molecule has 0 amide bonds. The Labute approximate surface area is 118 Å². The van der Waals surface area contributed by atoms with Crippen molar-refractivity contribution in [3.05, 3.63) is 35.9 Å². The monoisotopic (exact) mass is 280 g/mol. The Balaban J connectivity index is 2.15.